The quantitative estimate of drug-likeness (QED) is 0.781. The number of carbonyl (C=O) groups is 2. The van der Waals surface area contributed by atoms with Crippen LogP contribution in [-0.4, -0.2) is 23.0 Å². The zero-order valence-corrected chi connectivity index (χ0v) is 13.4. The van der Waals surface area contributed by atoms with Gasteiger partial charge in [-0.05, 0) is 43.0 Å². The van der Waals surface area contributed by atoms with Gasteiger partial charge in [-0.15, -0.1) is 0 Å². The first kappa shape index (κ1) is 17.1. The summed E-state index contributed by atoms with van der Waals surface area (Å²) >= 11 is 11.7. The van der Waals surface area contributed by atoms with Crippen LogP contribution in [0.2, 0.25) is 10.0 Å². The lowest BCUT2D eigenvalue weighted by atomic mass is 9.85. The molecule has 5 nitrogen and oxygen atoms in total. The smallest absolute Gasteiger partial charge is 0.253 e. The zero-order chi connectivity index (χ0) is 16.3. The number of aliphatic hydroxyl groups excluding tert-OH is 1. The first-order valence-electron chi connectivity index (χ1n) is 7.10. The van der Waals surface area contributed by atoms with Crippen LogP contribution in [0.25, 0.3) is 0 Å². The maximum absolute atomic E-state index is 12.1. The fraction of sp³-hybridized carbons (Fsp3) is 0.467. The molecule has 0 heterocycles. The molecule has 0 aromatic heterocycles. The number of hydrogen-bond acceptors (Lipinski definition) is 3. The van der Waals surface area contributed by atoms with Crippen molar-refractivity contribution in [3.63, 3.8) is 0 Å². The van der Waals surface area contributed by atoms with Crippen molar-refractivity contribution in [3.05, 3.63) is 33.8 Å². The summed E-state index contributed by atoms with van der Waals surface area (Å²) in [4.78, 5) is 23.4. The number of benzene rings is 1. The summed E-state index contributed by atoms with van der Waals surface area (Å²) < 4.78 is 0. The first-order chi connectivity index (χ1) is 10.4. The number of hydrogen-bond donors (Lipinski definition) is 3. The Morgan fingerprint density at radius 3 is 2.45 bits per heavy atom. The van der Waals surface area contributed by atoms with Crippen LogP contribution in [0.5, 0.6) is 0 Å². The minimum Gasteiger partial charge on any atom is -0.378 e. The third kappa shape index (κ3) is 4.35. The number of rotatable bonds is 4. The van der Waals surface area contributed by atoms with Gasteiger partial charge >= 0.3 is 0 Å². The Labute approximate surface area is 138 Å². The monoisotopic (exact) mass is 344 g/mol. The van der Waals surface area contributed by atoms with Gasteiger partial charge in [0.2, 0.25) is 5.91 Å². The highest BCUT2D eigenvalue weighted by atomic mass is 35.5. The van der Waals surface area contributed by atoms with E-state index >= 15 is 0 Å². The molecule has 4 N–H and O–H groups in total. The van der Waals surface area contributed by atoms with Gasteiger partial charge in [-0.25, -0.2) is 0 Å². The highest BCUT2D eigenvalue weighted by molar-refractivity contribution is 6.34. The molecule has 1 aromatic carbocycles. The molecule has 1 aliphatic rings. The van der Waals surface area contributed by atoms with E-state index in [0.29, 0.717) is 22.0 Å². The number of amides is 2. The van der Waals surface area contributed by atoms with Crippen LogP contribution in [0.3, 0.4) is 0 Å². The summed E-state index contributed by atoms with van der Waals surface area (Å²) in [7, 11) is 0. The van der Waals surface area contributed by atoms with Crippen molar-refractivity contribution >= 4 is 35.0 Å². The van der Waals surface area contributed by atoms with Gasteiger partial charge in [-0.2, -0.15) is 0 Å². The normalized spacial score (nSPS) is 22.9. The molecule has 0 aliphatic heterocycles. The van der Waals surface area contributed by atoms with Gasteiger partial charge < -0.3 is 16.2 Å². The molecule has 0 spiro atoms. The number of aliphatic hydroxyl groups is 1. The minimum absolute atomic E-state index is 0.164. The minimum atomic E-state index is -1.36. The third-order valence-corrected chi connectivity index (χ3v) is 4.31. The number of carbonyl (C=O) groups excluding carboxylic acids is 2. The number of primary amides is 1. The highest BCUT2D eigenvalue weighted by Crippen LogP contribution is 2.26. The maximum atomic E-state index is 12.1. The fourth-order valence-corrected chi connectivity index (χ4v) is 3.29. The second-order valence-electron chi connectivity index (χ2n) is 5.58. The summed E-state index contributed by atoms with van der Waals surface area (Å²) in [6, 6.07) is 4.34. The Balaban J connectivity index is 2.00. The molecule has 3 unspecified atom stereocenters. The van der Waals surface area contributed by atoms with Crippen LogP contribution in [0.15, 0.2) is 18.2 Å². The van der Waals surface area contributed by atoms with Crippen LogP contribution in [0, 0.1) is 5.92 Å². The predicted molar refractivity (Wildman–Crippen MR) is 84.5 cm³/mol. The largest absolute Gasteiger partial charge is 0.378 e. The van der Waals surface area contributed by atoms with Crippen molar-refractivity contribution < 1.29 is 14.7 Å². The van der Waals surface area contributed by atoms with E-state index in [1.807, 2.05) is 0 Å². The highest BCUT2D eigenvalue weighted by Gasteiger charge is 2.28. The van der Waals surface area contributed by atoms with Gasteiger partial charge in [0.05, 0.1) is 0 Å². The van der Waals surface area contributed by atoms with Crippen molar-refractivity contribution in [2.75, 3.05) is 0 Å². The average Bonchev–Trinajstić information content (AvgIpc) is 2.45. The van der Waals surface area contributed by atoms with E-state index in [-0.39, 0.29) is 17.9 Å². The van der Waals surface area contributed by atoms with Crippen molar-refractivity contribution in [2.45, 2.75) is 37.8 Å². The Hall–Kier alpha value is -1.30. The predicted octanol–water partition coefficient (Wildman–Crippen LogP) is 2.19. The summed E-state index contributed by atoms with van der Waals surface area (Å²) in [5, 5.41) is 13.6. The van der Waals surface area contributed by atoms with Crippen LogP contribution in [-0.2, 0) is 9.59 Å². The molecule has 1 saturated carbocycles. The Bertz CT molecular complexity index is 560. The summed E-state index contributed by atoms with van der Waals surface area (Å²) in [5.74, 6) is -1.11. The molecule has 1 aromatic rings. The van der Waals surface area contributed by atoms with E-state index < -0.39 is 12.0 Å². The van der Waals surface area contributed by atoms with E-state index in [9.17, 15) is 14.7 Å². The molecule has 3 atom stereocenters. The summed E-state index contributed by atoms with van der Waals surface area (Å²) in [6.45, 7) is 0. The SMILES string of the molecule is NC(=O)C1CCCC(NC(=O)C(O)c2cc(Cl)cc(Cl)c2)C1. The molecule has 0 bridgehead atoms. The second kappa shape index (κ2) is 7.31. The molecule has 0 radical (unpaired) electrons. The molecule has 1 aliphatic carbocycles. The van der Waals surface area contributed by atoms with E-state index in [2.05, 4.69) is 5.32 Å². The summed E-state index contributed by atoms with van der Waals surface area (Å²) in [6.07, 6.45) is 1.47. The topological polar surface area (TPSA) is 92.4 Å². The third-order valence-electron chi connectivity index (χ3n) is 3.87. The van der Waals surface area contributed by atoms with E-state index in [1.165, 1.54) is 18.2 Å². The van der Waals surface area contributed by atoms with Gasteiger partial charge in [0.25, 0.3) is 5.91 Å². The van der Waals surface area contributed by atoms with Crippen LogP contribution < -0.4 is 11.1 Å². The van der Waals surface area contributed by atoms with E-state index in [4.69, 9.17) is 28.9 Å². The molecule has 2 rings (SSSR count). The molecule has 120 valence electrons. The average molecular weight is 345 g/mol. The van der Waals surface area contributed by atoms with Crippen molar-refractivity contribution in [3.8, 4) is 0 Å². The van der Waals surface area contributed by atoms with Gasteiger partial charge in [0, 0.05) is 22.0 Å². The number of nitrogens with two attached hydrogens (primary N) is 1. The first-order valence-corrected chi connectivity index (χ1v) is 7.86. The standard InChI is InChI=1S/C15H18Cl2N2O3/c16-10-4-9(5-11(17)7-10)13(20)15(22)19-12-3-1-2-8(6-12)14(18)21/h4-5,7-8,12-13,20H,1-3,6H2,(H2,18,21)(H,19,22). The Morgan fingerprint density at radius 2 is 1.86 bits per heavy atom. The maximum Gasteiger partial charge on any atom is 0.253 e. The second-order valence-corrected chi connectivity index (χ2v) is 6.45. The number of nitrogens with one attached hydrogen (secondary N) is 1. The fourth-order valence-electron chi connectivity index (χ4n) is 2.74. The molecular weight excluding hydrogens is 327 g/mol. The Kier molecular flexibility index (Phi) is 5.67. The lowest BCUT2D eigenvalue weighted by molar-refractivity contribution is -0.131. The molecule has 0 saturated heterocycles. The van der Waals surface area contributed by atoms with E-state index in [0.717, 1.165) is 19.3 Å². The van der Waals surface area contributed by atoms with E-state index in [1.54, 1.807) is 0 Å². The van der Waals surface area contributed by atoms with Crippen molar-refractivity contribution in [1.82, 2.24) is 5.32 Å². The molecule has 22 heavy (non-hydrogen) atoms. The summed E-state index contributed by atoms with van der Waals surface area (Å²) in [5.41, 5.74) is 5.64. The Morgan fingerprint density at radius 1 is 1.23 bits per heavy atom. The van der Waals surface area contributed by atoms with Gasteiger partial charge in [0.15, 0.2) is 6.10 Å². The van der Waals surface area contributed by atoms with Gasteiger partial charge in [0.1, 0.15) is 0 Å². The number of halogens is 2. The lowest BCUT2D eigenvalue weighted by Gasteiger charge is -2.28. The molecule has 7 heteroatoms. The van der Waals surface area contributed by atoms with Crippen LogP contribution in [0.1, 0.15) is 37.4 Å². The zero-order valence-electron chi connectivity index (χ0n) is 11.9. The van der Waals surface area contributed by atoms with Crippen LogP contribution in [0.4, 0.5) is 0 Å². The lowest BCUT2D eigenvalue weighted by Crippen LogP contribution is -2.43. The van der Waals surface area contributed by atoms with Crippen molar-refractivity contribution in [1.29, 1.82) is 0 Å². The molecule has 2 amide bonds. The van der Waals surface area contributed by atoms with Crippen molar-refractivity contribution in [2.24, 2.45) is 11.7 Å². The van der Waals surface area contributed by atoms with Gasteiger partial charge in [-0.3, -0.25) is 9.59 Å². The molecule has 1 fully saturated rings. The molecular formula is C15H18Cl2N2O3. The van der Waals surface area contributed by atoms with Crippen LogP contribution >= 0.6 is 23.2 Å². The van der Waals surface area contributed by atoms with Gasteiger partial charge in [-0.1, -0.05) is 29.6 Å².